The van der Waals surface area contributed by atoms with E-state index in [2.05, 4.69) is 0 Å². The molecule has 19 heavy (non-hydrogen) atoms. The average Bonchev–Trinajstić information content (AvgIpc) is 2.41. The minimum atomic E-state index is -0.274. The first-order valence-electron chi connectivity index (χ1n) is 6.14. The minimum Gasteiger partial charge on any atom is -0.492 e. The van der Waals surface area contributed by atoms with E-state index >= 15 is 0 Å². The summed E-state index contributed by atoms with van der Waals surface area (Å²) in [4.78, 5) is 1.83. The molecular formula is C15H17FN2O. The van der Waals surface area contributed by atoms with Crippen molar-refractivity contribution in [2.45, 2.75) is 6.92 Å². The lowest BCUT2D eigenvalue weighted by molar-refractivity contribution is 0.342. The van der Waals surface area contributed by atoms with E-state index in [0.29, 0.717) is 18.0 Å². The van der Waals surface area contributed by atoms with Crippen LogP contribution in [0.2, 0.25) is 0 Å². The van der Waals surface area contributed by atoms with Crippen LogP contribution in [0.15, 0.2) is 42.5 Å². The third kappa shape index (κ3) is 2.78. The fourth-order valence-corrected chi connectivity index (χ4v) is 1.93. The highest BCUT2D eigenvalue weighted by atomic mass is 19.1. The largest absolute Gasteiger partial charge is 0.492 e. The fourth-order valence-electron chi connectivity index (χ4n) is 1.93. The SMILES string of the molecule is CCOc1cccc(N(C)c2cccc(F)c2)c1N. The number of nitrogen functional groups attached to an aromatic ring is 1. The van der Waals surface area contributed by atoms with E-state index < -0.39 is 0 Å². The standard InChI is InChI=1S/C15H17FN2O/c1-3-19-14-9-5-8-13(15(14)17)18(2)12-7-4-6-11(16)10-12/h4-10H,3,17H2,1-2H3. The van der Waals surface area contributed by atoms with Crippen LogP contribution in [0.4, 0.5) is 21.5 Å². The van der Waals surface area contributed by atoms with E-state index in [-0.39, 0.29) is 5.82 Å². The molecule has 3 nitrogen and oxygen atoms in total. The van der Waals surface area contributed by atoms with Gasteiger partial charge in [-0.25, -0.2) is 4.39 Å². The summed E-state index contributed by atoms with van der Waals surface area (Å²) in [5.74, 6) is 0.368. The number of halogens is 1. The van der Waals surface area contributed by atoms with E-state index in [4.69, 9.17) is 10.5 Å². The lowest BCUT2D eigenvalue weighted by Gasteiger charge is -2.22. The van der Waals surface area contributed by atoms with Crippen molar-refractivity contribution in [1.82, 2.24) is 0 Å². The van der Waals surface area contributed by atoms with E-state index in [9.17, 15) is 4.39 Å². The molecule has 0 heterocycles. The molecule has 2 rings (SSSR count). The molecule has 0 atom stereocenters. The van der Waals surface area contributed by atoms with Crippen LogP contribution in [0.1, 0.15) is 6.92 Å². The molecule has 0 unspecified atom stereocenters. The average molecular weight is 260 g/mol. The van der Waals surface area contributed by atoms with Crippen molar-refractivity contribution < 1.29 is 9.13 Å². The molecule has 0 spiro atoms. The normalized spacial score (nSPS) is 10.3. The lowest BCUT2D eigenvalue weighted by Crippen LogP contribution is -2.12. The maximum absolute atomic E-state index is 13.3. The predicted octanol–water partition coefficient (Wildman–Crippen LogP) is 3.57. The summed E-state index contributed by atoms with van der Waals surface area (Å²) in [6, 6.07) is 11.9. The number of hydrogen-bond donors (Lipinski definition) is 1. The van der Waals surface area contributed by atoms with E-state index in [1.54, 1.807) is 6.07 Å². The first-order chi connectivity index (χ1) is 9.13. The van der Waals surface area contributed by atoms with Gasteiger partial charge in [0.1, 0.15) is 11.6 Å². The number of ether oxygens (including phenoxy) is 1. The number of anilines is 3. The Morgan fingerprint density at radius 1 is 1.21 bits per heavy atom. The molecule has 0 amide bonds. The van der Waals surface area contributed by atoms with Crippen molar-refractivity contribution in [3.63, 3.8) is 0 Å². The summed E-state index contributed by atoms with van der Waals surface area (Å²) in [6.45, 7) is 2.46. The van der Waals surface area contributed by atoms with Gasteiger partial charge in [0, 0.05) is 12.7 Å². The maximum atomic E-state index is 13.3. The highest BCUT2D eigenvalue weighted by Gasteiger charge is 2.11. The number of benzene rings is 2. The van der Waals surface area contributed by atoms with Gasteiger partial charge in [-0.15, -0.1) is 0 Å². The Balaban J connectivity index is 2.38. The summed E-state index contributed by atoms with van der Waals surface area (Å²) in [6.07, 6.45) is 0. The lowest BCUT2D eigenvalue weighted by atomic mass is 10.2. The van der Waals surface area contributed by atoms with Gasteiger partial charge in [0.2, 0.25) is 0 Å². The van der Waals surface area contributed by atoms with Gasteiger partial charge in [-0.05, 0) is 37.3 Å². The van der Waals surface area contributed by atoms with Crippen LogP contribution in [-0.2, 0) is 0 Å². The van der Waals surface area contributed by atoms with Gasteiger partial charge in [-0.2, -0.15) is 0 Å². The van der Waals surface area contributed by atoms with E-state index in [0.717, 1.165) is 11.4 Å². The molecule has 100 valence electrons. The Labute approximate surface area is 112 Å². The molecule has 0 saturated carbocycles. The zero-order valence-corrected chi connectivity index (χ0v) is 11.1. The van der Waals surface area contributed by atoms with Gasteiger partial charge >= 0.3 is 0 Å². The monoisotopic (exact) mass is 260 g/mol. The molecule has 0 aliphatic heterocycles. The van der Waals surface area contributed by atoms with Crippen molar-refractivity contribution in [3.8, 4) is 5.75 Å². The van der Waals surface area contributed by atoms with Crippen LogP contribution in [0.5, 0.6) is 5.75 Å². The molecule has 0 bridgehead atoms. The van der Waals surface area contributed by atoms with Gasteiger partial charge in [-0.1, -0.05) is 12.1 Å². The molecular weight excluding hydrogens is 243 g/mol. The summed E-state index contributed by atoms with van der Waals surface area (Å²) in [5.41, 5.74) is 8.16. The summed E-state index contributed by atoms with van der Waals surface area (Å²) in [7, 11) is 1.84. The first-order valence-corrected chi connectivity index (χ1v) is 6.14. The predicted molar refractivity (Wildman–Crippen MR) is 76.5 cm³/mol. The molecule has 4 heteroatoms. The molecule has 2 N–H and O–H groups in total. The molecule has 2 aromatic carbocycles. The third-order valence-corrected chi connectivity index (χ3v) is 2.90. The zero-order valence-electron chi connectivity index (χ0n) is 11.1. The van der Waals surface area contributed by atoms with Crippen LogP contribution >= 0.6 is 0 Å². The first kappa shape index (κ1) is 13.2. The molecule has 0 saturated heterocycles. The molecule has 0 aliphatic carbocycles. The van der Waals surface area contributed by atoms with Crippen molar-refractivity contribution in [2.75, 3.05) is 24.3 Å². The molecule has 0 radical (unpaired) electrons. The van der Waals surface area contributed by atoms with Crippen LogP contribution < -0.4 is 15.4 Å². The second-order valence-corrected chi connectivity index (χ2v) is 4.16. The highest BCUT2D eigenvalue weighted by molar-refractivity contribution is 5.78. The van der Waals surface area contributed by atoms with Crippen LogP contribution in [0, 0.1) is 5.82 Å². The van der Waals surface area contributed by atoms with E-state index in [1.807, 2.05) is 43.1 Å². The Kier molecular flexibility index (Phi) is 3.90. The van der Waals surface area contributed by atoms with Crippen LogP contribution in [-0.4, -0.2) is 13.7 Å². The number of nitrogens with zero attached hydrogens (tertiary/aromatic N) is 1. The maximum Gasteiger partial charge on any atom is 0.144 e. The van der Waals surface area contributed by atoms with Crippen LogP contribution in [0.25, 0.3) is 0 Å². The summed E-state index contributed by atoms with van der Waals surface area (Å²) in [5, 5.41) is 0. The second-order valence-electron chi connectivity index (χ2n) is 4.16. The van der Waals surface area contributed by atoms with Crippen LogP contribution in [0.3, 0.4) is 0 Å². The summed E-state index contributed by atoms with van der Waals surface area (Å²) >= 11 is 0. The van der Waals surface area contributed by atoms with Crippen molar-refractivity contribution >= 4 is 17.1 Å². The second kappa shape index (κ2) is 5.61. The third-order valence-electron chi connectivity index (χ3n) is 2.90. The van der Waals surface area contributed by atoms with Gasteiger partial charge in [0.05, 0.1) is 18.0 Å². The fraction of sp³-hybridized carbons (Fsp3) is 0.200. The Bertz CT molecular complexity index is 572. The Morgan fingerprint density at radius 2 is 1.95 bits per heavy atom. The van der Waals surface area contributed by atoms with Gasteiger partial charge in [0.15, 0.2) is 0 Å². The highest BCUT2D eigenvalue weighted by Crippen LogP contribution is 2.35. The van der Waals surface area contributed by atoms with Gasteiger partial charge in [0.25, 0.3) is 0 Å². The topological polar surface area (TPSA) is 38.5 Å². The molecule has 2 aromatic rings. The number of rotatable bonds is 4. The zero-order chi connectivity index (χ0) is 13.8. The Hall–Kier alpha value is -2.23. The number of hydrogen-bond acceptors (Lipinski definition) is 3. The number of nitrogens with two attached hydrogens (primary N) is 1. The quantitative estimate of drug-likeness (QED) is 0.854. The number of para-hydroxylation sites is 1. The van der Waals surface area contributed by atoms with Crippen molar-refractivity contribution in [3.05, 3.63) is 48.3 Å². The minimum absolute atomic E-state index is 0.274. The molecule has 0 fully saturated rings. The Morgan fingerprint density at radius 3 is 2.63 bits per heavy atom. The van der Waals surface area contributed by atoms with Gasteiger partial charge < -0.3 is 15.4 Å². The van der Waals surface area contributed by atoms with Gasteiger partial charge in [-0.3, -0.25) is 0 Å². The summed E-state index contributed by atoms with van der Waals surface area (Å²) < 4.78 is 18.7. The van der Waals surface area contributed by atoms with E-state index in [1.165, 1.54) is 12.1 Å². The van der Waals surface area contributed by atoms with Crippen molar-refractivity contribution in [2.24, 2.45) is 0 Å². The van der Waals surface area contributed by atoms with Crippen molar-refractivity contribution in [1.29, 1.82) is 0 Å². The molecule has 0 aliphatic rings. The molecule has 0 aromatic heterocycles. The smallest absolute Gasteiger partial charge is 0.144 e.